The average molecular weight is 341 g/mol. The number of carbonyl (C=O) groups is 1. The maximum absolute atomic E-state index is 12.7. The first-order valence-corrected chi connectivity index (χ1v) is 9.15. The van der Waals surface area contributed by atoms with Gasteiger partial charge in [0, 0.05) is 31.1 Å². The van der Waals surface area contributed by atoms with Gasteiger partial charge in [-0.25, -0.2) is 0 Å². The summed E-state index contributed by atoms with van der Waals surface area (Å²) in [5.74, 6) is 0.553. The van der Waals surface area contributed by atoms with Crippen LogP contribution in [0.1, 0.15) is 37.3 Å². The van der Waals surface area contributed by atoms with Gasteiger partial charge in [-0.1, -0.05) is 18.2 Å². The second-order valence-electron chi connectivity index (χ2n) is 7.84. The molecule has 1 saturated heterocycles. The Hall–Kier alpha value is -1.85. The molecule has 132 valence electrons. The number of hydrogen-bond donors (Lipinski definition) is 2. The van der Waals surface area contributed by atoms with Crippen LogP contribution in [0.15, 0.2) is 24.3 Å². The maximum atomic E-state index is 12.7. The van der Waals surface area contributed by atoms with E-state index >= 15 is 0 Å². The lowest BCUT2D eigenvalue weighted by molar-refractivity contribution is -0.187. The number of phenolic OH excluding ortho intramolecular Hbond substituents is 1. The lowest BCUT2D eigenvalue weighted by Crippen LogP contribution is -2.76. The molecule has 0 radical (unpaired) electrons. The summed E-state index contributed by atoms with van der Waals surface area (Å²) in [6.07, 6.45) is 5.70. The third-order valence-electron chi connectivity index (χ3n) is 6.94. The van der Waals surface area contributed by atoms with Crippen molar-refractivity contribution in [3.05, 3.63) is 35.4 Å². The predicted octanol–water partition coefficient (Wildman–Crippen LogP) is 1.69. The summed E-state index contributed by atoms with van der Waals surface area (Å²) in [6.45, 7) is 3.63. The van der Waals surface area contributed by atoms with Gasteiger partial charge in [0.25, 0.3) is 0 Å². The zero-order chi connectivity index (χ0) is 17.4. The fourth-order valence-electron chi connectivity index (χ4n) is 5.87. The molecule has 1 saturated carbocycles. The van der Waals surface area contributed by atoms with Gasteiger partial charge in [0.2, 0.25) is 0 Å². The van der Waals surface area contributed by atoms with Crippen LogP contribution in [0.2, 0.25) is 0 Å². The van der Waals surface area contributed by atoms with Gasteiger partial charge in [-0.2, -0.15) is 0 Å². The number of aliphatic hydroxyl groups is 1. The van der Waals surface area contributed by atoms with Gasteiger partial charge in [0.1, 0.15) is 0 Å². The van der Waals surface area contributed by atoms with Crippen LogP contribution in [0.5, 0.6) is 11.5 Å². The monoisotopic (exact) mass is 341 g/mol. The number of phenols is 1. The van der Waals surface area contributed by atoms with Crippen molar-refractivity contribution in [1.29, 1.82) is 0 Å². The van der Waals surface area contributed by atoms with E-state index in [4.69, 9.17) is 4.74 Å². The first-order chi connectivity index (χ1) is 12.0. The highest BCUT2D eigenvalue weighted by atomic mass is 16.5. The lowest BCUT2D eigenvalue weighted by atomic mass is 9.49. The Morgan fingerprint density at radius 3 is 3.04 bits per heavy atom. The summed E-state index contributed by atoms with van der Waals surface area (Å²) in [5, 5.41) is 22.2. The van der Waals surface area contributed by atoms with Crippen molar-refractivity contribution < 1.29 is 19.7 Å². The average Bonchev–Trinajstić information content (AvgIpc) is 2.95. The van der Waals surface area contributed by atoms with E-state index in [1.165, 1.54) is 0 Å². The van der Waals surface area contributed by atoms with Crippen LogP contribution in [-0.4, -0.2) is 51.7 Å². The number of allylic oxidation sites excluding steroid dienone is 1. The van der Waals surface area contributed by atoms with Crippen LogP contribution in [0.25, 0.3) is 0 Å². The Balaban J connectivity index is 1.74. The van der Waals surface area contributed by atoms with Gasteiger partial charge < -0.3 is 14.9 Å². The van der Waals surface area contributed by atoms with Crippen LogP contribution in [0.3, 0.4) is 0 Å². The van der Waals surface area contributed by atoms with Crippen molar-refractivity contribution >= 4 is 5.78 Å². The summed E-state index contributed by atoms with van der Waals surface area (Å²) in [6, 6.07) is 3.56. The number of ether oxygens (including phenoxy) is 1. The molecule has 2 aliphatic heterocycles. The zero-order valence-corrected chi connectivity index (χ0v) is 14.4. The molecule has 5 rings (SSSR count). The first kappa shape index (κ1) is 15.4. The molecular formula is C20H23NO4. The molecule has 2 heterocycles. The number of nitrogens with zero attached hydrogens (tertiary/aromatic N) is 1. The molecule has 1 aromatic carbocycles. The van der Waals surface area contributed by atoms with Gasteiger partial charge in [-0.3, -0.25) is 9.69 Å². The minimum atomic E-state index is -0.989. The van der Waals surface area contributed by atoms with E-state index in [1.54, 1.807) is 6.07 Å². The second-order valence-corrected chi connectivity index (χ2v) is 7.84. The topological polar surface area (TPSA) is 70.0 Å². The standard InChI is InChI=1S/C20H23NO4/c1-2-3-9-21-10-8-19-16-12-4-5-13(22)17(16)25-18(19)14(23)6-7-20(19,24)15(21)11-12/h2-5,15,18,22,24H,6-11H2,1H3/b3-2+/t15-,18+,19+,20-/m1/s1. The molecule has 4 aliphatic rings. The third kappa shape index (κ3) is 1.64. The van der Waals surface area contributed by atoms with Crippen molar-refractivity contribution in [2.24, 2.45) is 0 Å². The van der Waals surface area contributed by atoms with Crippen LogP contribution >= 0.6 is 0 Å². The van der Waals surface area contributed by atoms with Gasteiger partial charge >= 0.3 is 0 Å². The van der Waals surface area contributed by atoms with Gasteiger partial charge in [-0.05, 0) is 37.8 Å². The molecular weight excluding hydrogens is 318 g/mol. The van der Waals surface area contributed by atoms with Crippen LogP contribution < -0.4 is 4.74 Å². The highest BCUT2D eigenvalue weighted by molar-refractivity contribution is 5.90. The number of hydrogen-bond acceptors (Lipinski definition) is 5. The Bertz CT molecular complexity index is 803. The van der Waals surface area contributed by atoms with Gasteiger partial charge in [0.05, 0.1) is 11.0 Å². The third-order valence-corrected chi connectivity index (χ3v) is 6.94. The van der Waals surface area contributed by atoms with Crippen molar-refractivity contribution in [1.82, 2.24) is 4.90 Å². The molecule has 5 heteroatoms. The van der Waals surface area contributed by atoms with E-state index < -0.39 is 17.1 Å². The summed E-state index contributed by atoms with van der Waals surface area (Å²) in [7, 11) is 0. The predicted molar refractivity (Wildman–Crippen MR) is 91.9 cm³/mol. The van der Waals surface area contributed by atoms with Gasteiger partial charge in [-0.15, -0.1) is 0 Å². The van der Waals surface area contributed by atoms with Gasteiger partial charge in [0.15, 0.2) is 23.4 Å². The molecule has 1 aromatic rings. The highest BCUT2D eigenvalue weighted by Gasteiger charge is 2.73. The molecule has 0 amide bonds. The number of likely N-dealkylation sites (tertiary alicyclic amines) is 1. The Kier molecular flexibility index (Phi) is 3.00. The summed E-state index contributed by atoms with van der Waals surface area (Å²) in [4.78, 5) is 15.0. The number of Topliss-reactive ketones (excluding diaryl/α,β-unsaturated/α-hetero) is 1. The number of carbonyl (C=O) groups excluding carboxylic acids is 1. The Morgan fingerprint density at radius 2 is 2.24 bits per heavy atom. The SMILES string of the molecule is C/C=C/CN1CC[C@]23c4c5ccc(O)c4O[C@H]2C(=O)CC[C@@]3(O)[C@H]1C5. The fraction of sp³-hybridized carbons (Fsp3) is 0.550. The molecule has 5 nitrogen and oxygen atoms in total. The minimum Gasteiger partial charge on any atom is -0.504 e. The molecule has 2 bridgehead atoms. The van der Waals surface area contributed by atoms with Crippen molar-refractivity contribution in [3.8, 4) is 11.5 Å². The lowest BCUT2D eigenvalue weighted by Gasteiger charge is -2.62. The first-order valence-electron chi connectivity index (χ1n) is 9.15. The molecule has 0 unspecified atom stereocenters. The quantitative estimate of drug-likeness (QED) is 0.801. The second kappa shape index (κ2) is 4.86. The van der Waals surface area contributed by atoms with Crippen LogP contribution in [-0.2, 0) is 16.6 Å². The summed E-state index contributed by atoms with van der Waals surface area (Å²) >= 11 is 0. The molecule has 2 fully saturated rings. The summed E-state index contributed by atoms with van der Waals surface area (Å²) < 4.78 is 6.01. The fourth-order valence-corrected chi connectivity index (χ4v) is 5.87. The molecule has 25 heavy (non-hydrogen) atoms. The normalized spacial score (nSPS) is 38.7. The van der Waals surface area contributed by atoms with E-state index in [9.17, 15) is 15.0 Å². The smallest absolute Gasteiger partial charge is 0.174 e. The minimum absolute atomic E-state index is 0.0281. The van der Waals surface area contributed by atoms with E-state index in [0.29, 0.717) is 25.0 Å². The number of ketones is 1. The van der Waals surface area contributed by atoms with E-state index in [0.717, 1.165) is 30.6 Å². The molecule has 4 atom stereocenters. The molecule has 1 spiro atoms. The Morgan fingerprint density at radius 1 is 1.40 bits per heavy atom. The van der Waals surface area contributed by atoms with Crippen LogP contribution in [0, 0.1) is 0 Å². The number of piperidine rings is 1. The van der Waals surface area contributed by atoms with E-state index in [1.807, 2.05) is 19.1 Å². The van der Waals surface area contributed by atoms with Crippen molar-refractivity contribution in [3.63, 3.8) is 0 Å². The number of rotatable bonds is 2. The number of benzene rings is 1. The maximum Gasteiger partial charge on any atom is 0.174 e. The van der Waals surface area contributed by atoms with Crippen molar-refractivity contribution in [2.75, 3.05) is 13.1 Å². The number of aromatic hydroxyl groups is 1. The zero-order valence-electron chi connectivity index (χ0n) is 14.4. The summed E-state index contributed by atoms with van der Waals surface area (Å²) in [5.41, 5.74) is 0.304. The Labute approximate surface area is 146 Å². The molecule has 2 aliphatic carbocycles. The van der Waals surface area contributed by atoms with Crippen molar-refractivity contribution in [2.45, 2.75) is 55.8 Å². The van der Waals surface area contributed by atoms with E-state index in [-0.39, 0.29) is 17.6 Å². The molecule has 0 aromatic heterocycles. The molecule has 2 N–H and O–H groups in total. The van der Waals surface area contributed by atoms with Crippen LogP contribution in [0.4, 0.5) is 0 Å². The highest BCUT2D eigenvalue weighted by Crippen LogP contribution is 2.64. The largest absolute Gasteiger partial charge is 0.504 e. The van der Waals surface area contributed by atoms with E-state index in [2.05, 4.69) is 11.0 Å².